The van der Waals surface area contributed by atoms with Gasteiger partial charge in [-0.1, -0.05) is 29.0 Å². The number of hydrogen-bond acceptors (Lipinski definition) is 5. The molecule has 29 heavy (non-hydrogen) atoms. The van der Waals surface area contributed by atoms with Crippen LogP contribution >= 0.6 is 11.6 Å². The lowest BCUT2D eigenvalue weighted by Gasteiger charge is -2.16. The molecule has 0 aliphatic carbocycles. The van der Waals surface area contributed by atoms with Gasteiger partial charge in [-0.2, -0.15) is 13.2 Å². The molecular formula is C18H18ClF3N4O3. The van der Waals surface area contributed by atoms with Crippen LogP contribution in [0.5, 0.6) is 0 Å². The van der Waals surface area contributed by atoms with E-state index in [2.05, 4.69) is 22.2 Å². The number of rotatable bonds is 6. The first-order chi connectivity index (χ1) is 13.6. The normalized spacial score (nSPS) is 12.3. The van der Waals surface area contributed by atoms with E-state index in [0.717, 1.165) is 16.8 Å². The summed E-state index contributed by atoms with van der Waals surface area (Å²) in [6, 6.07) is 2.27. The van der Waals surface area contributed by atoms with Crippen LogP contribution < -0.4 is 5.32 Å². The Labute approximate surface area is 169 Å². The van der Waals surface area contributed by atoms with Gasteiger partial charge in [0.1, 0.15) is 5.69 Å². The van der Waals surface area contributed by atoms with Gasteiger partial charge in [0.25, 0.3) is 5.91 Å². The van der Waals surface area contributed by atoms with Crippen LogP contribution in [0.3, 0.4) is 0 Å². The van der Waals surface area contributed by atoms with Gasteiger partial charge >= 0.3 is 12.3 Å². The lowest BCUT2D eigenvalue weighted by molar-refractivity contribution is -0.137. The molecule has 11 heteroatoms. The van der Waals surface area contributed by atoms with Crippen molar-refractivity contribution in [2.45, 2.75) is 32.5 Å². The lowest BCUT2D eigenvalue weighted by atomic mass is 10.1. The van der Waals surface area contributed by atoms with Crippen LogP contribution in [0.1, 0.15) is 47.2 Å². The molecule has 0 fully saturated rings. The highest BCUT2D eigenvalue weighted by molar-refractivity contribution is 6.34. The fourth-order valence-corrected chi connectivity index (χ4v) is 2.90. The van der Waals surface area contributed by atoms with Gasteiger partial charge < -0.3 is 10.1 Å². The number of benzene rings is 1. The smallest absolute Gasteiger partial charge is 0.436 e. The third kappa shape index (κ3) is 4.94. The van der Waals surface area contributed by atoms with Crippen LogP contribution in [0.25, 0.3) is 0 Å². The third-order valence-corrected chi connectivity index (χ3v) is 4.29. The number of allylic oxidation sites excluding steroid dienone is 1. The molecule has 0 aliphatic rings. The number of halogens is 4. The molecule has 0 radical (unpaired) electrons. The van der Waals surface area contributed by atoms with Gasteiger partial charge in [0, 0.05) is 6.42 Å². The molecule has 0 bridgehead atoms. The first-order valence-corrected chi connectivity index (χ1v) is 8.88. The summed E-state index contributed by atoms with van der Waals surface area (Å²) in [6.07, 6.45) is -3.73. The van der Waals surface area contributed by atoms with Gasteiger partial charge in [0.15, 0.2) is 0 Å². The summed E-state index contributed by atoms with van der Waals surface area (Å²) >= 11 is 5.79. The lowest BCUT2D eigenvalue weighted by Crippen LogP contribution is -2.28. The Hall–Kier alpha value is -2.88. The number of hydrogen-bond donors (Lipinski definition) is 1. The predicted octanol–water partition coefficient (Wildman–Crippen LogP) is 4.17. The first kappa shape index (κ1) is 22.4. The van der Waals surface area contributed by atoms with Gasteiger partial charge in [-0.05, 0) is 26.0 Å². The fraction of sp³-hybridized carbons (Fsp3) is 0.333. The molecule has 0 aliphatic heterocycles. The monoisotopic (exact) mass is 430 g/mol. The van der Waals surface area contributed by atoms with Crippen molar-refractivity contribution in [1.29, 1.82) is 0 Å². The summed E-state index contributed by atoms with van der Waals surface area (Å²) in [5.41, 5.74) is -0.868. The van der Waals surface area contributed by atoms with Crippen LogP contribution in [-0.2, 0) is 17.3 Å². The Bertz CT molecular complexity index is 928. The van der Waals surface area contributed by atoms with Crippen molar-refractivity contribution < 1.29 is 27.5 Å². The number of amides is 1. The number of alkyl halides is 3. The van der Waals surface area contributed by atoms with Gasteiger partial charge in [0.2, 0.25) is 0 Å². The molecule has 1 unspecified atom stereocenters. The largest absolute Gasteiger partial charge is 0.448 e. The molecule has 0 saturated heterocycles. The molecular weight excluding hydrogens is 413 g/mol. The summed E-state index contributed by atoms with van der Waals surface area (Å²) < 4.78 is 44.9. The molecule has 1 N–H and O–H groups in total. The van der Waals surface area contributed by atoms with Crippen molar-refractivity contribution in [2.24, 2.45) is 0 Å². The SMILES string of the molecule is C=CCc1c(C(C)NC(=O)c2cccc(C(F)(F)F)c2Cl)nnn1C(=O)OCC. The minimum absolute atomic E-state index is 0.127. The van der Waals surface area contributed by atoms with Crippen molar-refractivity contribution >= 4 is 23.6 Å². The van der Waals surface area contributed by atoms with E-state index in [0.29, 0.717) is 5.69 Å². The molecule has 1 amide bonds. The second-order valence-electron chi connectivity index (χ2n) is 5.88. The number of aromatic nitrogens is 3. The zero-order valence-corrected chi connectivity index (χ0v) is 16.3. The Morgan fingerprint density at radius 3 is 2.69 bits per heavy atom. The van der Waals surface area contributed by atoms with Gasteiger partial charge in [-0.15, -0.1) is 16.4 Å². The minimum atomic E-state index is -4.70. The molecule has 2 aromatic rings. The molecule has 1 aromatic carbocycles. The van der Waals surface area contributed by atoms with Crippen LogP contribution in [-0.4, -0.2) is 33.6 Å². The highest BCUT2D eigenvalue weighted by atomic mass is 35.5. The zero-order valence-electron chi connectivity index (χ0n) is 15.6. The van der Waals surface area contributed by atoms with Crippen molar-refractivity contribution in [3.63, 3.8) is 0 Å². The average molecular weight is 431 g/mol. The highest BCUT2D eigenvalue weighted by Crippen LogP contribution is 2.36. The summed E-state index contributed by atoms with van der Waals surface area (Å²) in [4.78, 5) is 24.5. The van der Waals surface area contributed by atoms with Gasteiger partial charge in [-0.3, -0.25) is 4.79 Å². The van der Waals surface area contributed by atoms with Crippen molar-refractivity contribution in [1.82, 2.24) is 20.3 Å². The highest BCUT2D eigenvalue weighted by Gasteiger charge is 2.35. The average Bonchev–Trinajstić information content (AvgIpc) is 3.05. The van der Waals surface area contributed by atoms with Crippen LogP contribution in [0.2, 0.25) is 5.02 Å². The molecule has 1 aromatic heterocycles. The van der Waals surface area contributed by atoms with E-state index in [-0.39, 0.29) is 24.3 Å². The Kier molecular flexibility index (Phi) is 7.02. The standard InChI is InChI=1S/C18H18ClF3N4O3/c1-4-7-13-15(24-25-26(13)17(28)29-5-2)10(3)23-16(27)11-8-6-9-12(14(11)19)18(20,21)22/h4,6,8-10H,1,5,7H2,2-3H3,(H,23,27). The number of nitrogens with one attached hydrogen (secondary N) is 1. The Morgan fingerprint density at radius 1 is 1.41 bits per heavy atom. The van der Waals surface area contributed by atoms with Crippen molar-refractivity contribution in [2.75, 3.05) is 6.61 Å². The van der Waals surface area contributed by atoms with E-state index in [1.54, 1.807) is 13.8 Å². The van der Waals surface area contributed by atoms with E-state index in [1.165, 1.54) is 12.1 Å². The number of ether oxygens (including phenoxy) is 1. The molecule has 1 heterocycles. The first-order valence-electron chi connectivity index (χ1n) is 8.50. The fourth-order valence-electron chi connectivity index (χ4n) is 2.58. The topological polar surface area (TPSA) is 86.1 Å². The molecule has 2 rings (SSSR count). The van der Waals surface area contributed by atoms with Crippen molar-refractivity contribution in [3.05, 3.63) is 58.4 Å². The zero-order chi connectivity index (χ0) is 21.8. The van der Waals surface area contributed by atoms with Crippen LogP contribution in [0.4, 0.5) is 18.0 Å². The summed E-state index contributed by atoms with van der Waals surface area (Å²) in [7, 11) is 0. The van der Waals surface area contributed by atoms with Crippen LogP contribution in [0, 0.1) is 0 Å². The predicted molar refractivity (Wildman–Crippen MR) is 98.7 cm³/mol. The van der Waals surface area contributed by atoms with E-state index in [1.807, 2.05) is 0 Å². The number of carbonyl (C=O) groups excluding carboxylic acids is 2. The second-order valence-corrected chi connectivity index (χ2v) is 6.26. The van der Waals surface area contributed by atoms with Crippen molar-refractivity contribution in [3.8, 4) is 0 Å². The second kappa shape index (κ2) is 9.08. The van der Waals surface area contributed by atoms with E-state index >= 15 is 0 Å². The Balaban J connectivity index is 2.31. The molecule has 0 spiro atoms. The molecule has 1 atom stereocenters. The van der Waals surface area contributed by atoms with E-state index in [9.17, 15) is 22.8 Å². The number of carbonyl (C=O) groups is 2. The quantitative estimate of drug-likeness (QED) is 0.695. The maximum atomic E-state index is 13.0. The van der Waals surface area contributed by atoms with Gasteiger partial charge in [0.05, 0.1) is 34.5 Å². The summed E-state index contributed by atoms with van der Waals surface area (Å²) in [6.45, 7) is 6.91. The maximum absolute atomic E-state index is 13.0. The Morgan fingerprint density at radius 2 is 2.10 bits per heavy atom. The third-order valence-electron chi connectivity index (χ3n) is 3.88. The molecule has 156 valence electrons. The molecule has 0 saturated carbocycles. The van der Waals surface area contributed by atoms with Crippen LogP contribution in [0.15, 0.2) is 30.9 Å². The summed E-state index contributed by atoms with van der Waals surface area (Å²) in [5, 5.41) is 9.46. The number of nitrogens with zero attached hydrogens (tertiary/aromatic N) is 3. The summed E-state index contributed by atoms with van der Waals surface area (Å²) in [5.74, 6) is -0.830. The molecule has 7 nitrogen and oxygen atoms in total. The van der Waals surface area contributed by atoms with E-state index in [4.69, 9.17) is 16.3 Å². The van der Waals surface area contributed by atoms with E-state index < -0.39 is 34.8 Å². The van der Waals surface area contributed by atoms with Gasteiger partial charge in [-0.25, -0.2) is 4.79 Å². The maximum Gasteiger partial charge on any atom is 0.436 e. The minimum Gasteiger partial charge on any atom is -0.448 e.